The molecule has 0 saturated carbocycles. The van der Waals surface area contributed by atoms with Gasteiger partial charge in [-0.3, -0.25) is 14.4 Å². The number of hydrogen-bond donors (Lipinski definition) is 4. The Hall–Kier alpha value is -2.50. The van der Waals surface area contributed by atoms with E-state index in [0.29, 0.717) is 0 Å². The monoisotopic (exact) mass is 453 g/mol. The highest BCUT2D eigenvalue weighted by Crippen LogP contribution is 2.25. The Morgan fingerprint density at radius 3 is 2.10 bits per heavy atom. The molecule has 31 heavy (non-hydrogen) atoms. The molecule has 0 saturated heterocycles. The van der Waals surface area contributed by atoms with Crippen LogP contribution in [-0.4, -0.2) is 72.3 Å². The van der Waals surface area contributed by atoms with Gasteiger partial charge in [0.2, 0.25) is 5.91 Å². The molecule has 0 aliphatic carbocycles. The first-order chi connectivity index (χ1) is 14.1. The molecule has 4 N–H and O–H groups in total. The van der Waals surface area contributed by atoms with E-state index in [-0.39, 0.29) is 18.9 Å². The van der Waals surface area contributed by atoms with E-state index >= 15 is 0 Å². The molecule has 0 aliphatic rings. The minimum absolute atomic E-state index is 0.0662. The number of ether oxygens (including phenoxy) is 2. The van der Waals surface area contributed by atoms with Crippen LogP contribution in [0.1, 0.15) is 48.0 Å². The third-order valence-corrected chi connectivity index (χ3v) is 3.63. The predicted octanol–water partition coefficient (Wildman–Crippen LogP) is 0.718. The van der Waals surface area contributed by atoms with Crippen molar-refractivity contribution >= 4 is 23.9 Å². The number of alkyl carbamates (subject to hydrolysis) is 1. The van der Waals surface area contributed by atoms with Crippen molar-refractivity contribution in [1.29, 1.82) is 0 Å². The summed E-state index contributed by atoms with van der Waals surface area (Å²) in [6.07, 6.45) is -3.67. The summed E-state index contributed by atoms with van der Waals surface area (Å²) in [5.41, 5.74) is -0.895. The standard InChI is InChI=1S/C19H33F2N3O7/c1-7-30-14(26)10-22-13(25)9-23-16(28)19(20,21)15(27)12(8-11(2)3)24-17(29)31-18(4,5)6/h11-12,15,27H,7-10H2,1-6H3,(H,22,25)(H,23,28)(H,24,29)/t12-,15?/m0/s1. The fourth-order valence-electron chi connectivity index (χ4n) is 2.34. The first kappa shape index (κ1) is 28.5. The molecule has 0 aromatic rings. The van der Waals surface area contributed by atoms with Gasteiger partial charge in [-0.2, -0.15) is 8.78 Å². The van der Waals surface area contributed by atoms with Gasteiger partial charge < -0.3 is 30.5 Å². The minimum atomic E-state index is -4.32. The van der Waals surface area contributed by atoms with E-state index in [9.17, 15) is 33.1 Å². The Kier molecular flexibility index (Phi) is 11.4. The first-order valence-electron chi connectivity index (χ1n) is 9.86. The number of carbonyl (C=O) groups is 4. The second kappa shape index (κ2) is 12.4. The summed E-state index contributed by atoms with van der Waals surface area (Å²) in [6, 6.07) is -1.49. The van der Waals surface area contributed by atoms with Crippen molar-refractivity contribution in [2.24, 2.45) is 5.92 Å². The maximum absolute atomic E-state index is 14.5. The van der Waals surface area contributed by atoms with Crippen molar-refractivity contribution in [3.05, 3.63) is 0 Å². The molecule has 12 heteroatoms. The van der Waals surface area contributed by atoms with Gasteiger partial charge in [0.05, 0.1) is 19.2 Å². The lowest BCUT2D eigenvalue weighted by molar-refractivity contribution is -0.167. The van der Waals surface area contributed by atoms with Crippen molar-refractivity contribution < 1.29 is 42.5 Å². The zero-order valence-electron chi connectivity index (χ0n) is 18.7. The Morgan fingerprint density at radius 1 is 1.03 bits per heavy atom. The van der Waals surface area contributed by atoms with Gasteiger partial charge in [-0.1, -0.05) is 13.8 Å². The number of carbonyl (C=O) groups excluding carboxylic acids is 4. The first-order valence-corrected chi connectivity index (χ1v) is 9.86. The molecule has 10 nitrogen and oxygen atoms in total. The van der Waals surface area contributed by atoms with Crippen LogP contribution >= 0.6 is 0 Å². The van der Waals surface area contributed by atoms with Crippen LogP contribution in [0.4, 0.5) is 13.6 Å². The highest BCUT2D eigenvalue weighted by molar-refractivity contribution is 5.90. The lowest BCUT2D eigenvalue weighted by Crippen LogP contribution is -2.58. The van der Waals surface area contributed by atoms with Gasteiger partial charge in [0.1, 0.15) is 18.2 Å². The van der Waals surface area contributed by atoms with Crippen molar-refractivity contribution in [3.63, 3.8) is 0 Å². The summed E-state index contributed by atoms with van der Waals surface area (Å²) in [5, 5.41) is 16.1. The normalized spacial score (nSPS) is 13.7. The summed E-state index contributed by atoms with van der Waals surface area (Å²) in [7, 11) is 0. The van der Waals surface area contributed by atoms with E-state index in [4.69, 9.17) is 4.74 Å². The number of amides is 3. The average Bonchev–Trinajstić information content (AvgIpc) is 2.61. The molecule has 0 radical (unpaired) electrons. The summed E-state index contributed by atoms with van der Waals surface area (Å²) in [4.78, 5) is 46.6. The Morgan fingerprint density at radius 2 is 1.61 bits per heavy atom. The van der Waals surface area contributed by atoms with Crippen LogP contribution in [0.3, 0.4) is 0 Å². The highest BCUT2D eigenvalue weighted by atomic mass is 19.3. The molecule has 3 amide bonds. The lowest BCUT2D eigenvalue weighted by Gasteiger charge is -2.31. The van der Waals surface area contributed by atoms with Crippen LogP contribution < -0.4 is 16.0 Å². The number of hydrogen-bond acceptors (Lipinski definition) is 7. The van der Waals surface area contributed by atoms with Crippen molar-refractivity contribution in [2.75, 3.05) is 19.7 Å². The molecule has 0 heterocycles. The van der Waals surface area contributed by atoms with Crippen LogP contribution in [0.2, 0.25) is 0 Å². The van der Waals surface area contributed by atoms with Gasteiger partial charge in [-0.15, -0.1) is 0 Å². The van der Waals surface area contributed by atoms with Crippen molar-refractivity contribution in [3.8, 4) is 0 Å². The summed E-state index contributed by atoms with van der Waals surface area (Å²) < 4.78 is 38.6. The van der Waals surface area contributed by atoms with Gasteiger partial charge in [-0.05, 0) is 40.0 Å². The fraction of sp³-hybridized carbons (Fsp3) is 0.789. The number of nitrogens with one attached hydrogen (secondary N) is 3. The molecule has 2 atom stereocenters. The van der Waals surface area contributed by atoms with Gasteiger partial charge in [0, 0.05) is 0 Å². The zero-order chi connectivity index (χ0) is 24.4. The SMILES string of the molecule is CCOC(=O)CNC(=O)CNC(=O)C(F)(F)C(O)[C@H](CC(C)C)NC(=O)OC(C)(C)C. The van der Waals surface area contributed by atoms with Gasteiger partial charge in [-0.25, -0.2) is 4.79 Å². The Balaban J connectivity index is 5.01. The minimum Gasteiger partial charge on any atom is -0.465 e. The van der Waals surface area contributed by atoms with Crippen LogP contribution in [-0.2, 0) is 23.9 Å². The maximum Gasteiger partial charge on any atom is 0.407 e. The van der Waals surface area contributed by atoms with E-state index in [0.717, 1.165) is 0 Å². The fourth-order valence-corrected chi connectivity index (χ4v) is 2.34. The van der Waals surface area contributed by atoms with Crippen molar-refractivity contribution in [2.45, 2.75) is 71.6 Å². The van der Waals surface area contributed by atoms with Gasteiger partial charge in [0.25, 0.3) is 5.91 Å². The number of alkyl halides is 2. The number of rotatable bonds is 11. The Labute approximate surface area is 180 Å². The molecule has 1 unspecified atom stereocenters. The second-order valence-corrected chi connectivity index (χ2v) is 8.21. The molecule has 180 valence electrons. The predicted molar refractivity (Wildman–Crippen MR) is 106 cm³/mol. The molecular formula is C19H33F2N3O7. The van der Waals surface area contributed by atoms with Crippen LogP contribution in [0.5, 0.6) is 0 Å². The molecular weight excluding hydrogens is 420 g/mol. The molecule has 0 spiro atoms. The average molecular weight is 453 g/mol. The summed E-state index contributed by atoms with van der Waals surface area (Å²) >= 11 is 0. The maximum atomic E-state index is 14.5. The number of halogens is 2. The molecule has 0 aliphatic heterocycles. The van der Waals surface area contributed by atoms with E-state index in [1.54, 1.807) is 46.9 Å². The quantitative estimate of drug-likeness (QED) is 0.338. The number of aliphatic hydroxyl groups excluding tert-OH is 1. The van der Waals surface area contributed by atoms with Crippen LogP contribution in [0.15, 0.2) is 0 Å². The Bertz CT molecular complexity index is 636. The molecule has 0 rings (SSSR count). The van der Waals surface area contributed by atoms with Gasteiger partial charge in [0.15, 0.2) is 0 Å². The number of esters is 1. The van der Waals surface area contributed by atoms with E-state index < -0.39 is 60.6 Å². The molecule has 0 bridgehead atoms. The van der Waals surface area contributed by atoms with Crippen LogP contribution in [0.25, 0.3) is 0 Å². The molecule has 0 fully saturated rings. The van der Waals surface area contributed by atoms with E-state index in [2.05, 4.69) is 15.4 Å². The molecule has 0 aromatic carbocycles. The smallest absolute Gasteiger partial charge is 0.407 e. The largest absolute Gasteiger partial charge is 0.465 e. The van der Waals surface area contributed by atoms with E-state index in [1.165, 1.54) is 0 Å². The topological polar surface area (TPSA) is 143 Å². The van der Waals surface area contributed by atoms with Crippen LogP contribution in [0, 0.1) is 5.92 Å². The lowest BCUT2D eigenvalue weighted by atomic mass is 9.95. The zero-order valence-corrected chi connectivity index (χ0v) is 18.7. The third kappa shape index (κ3) is 11.5. The van der Waals surface area contributed by atoms with E-state index in [1.807, 2.05) is 0 Å². The number of aliphatic hydroxyl groups is 1. The third-order valence-electron chi connectivity index (χ3n) is 3.63. The summed E-state index contributed by atoms with van der Waals surface area (Å²) in [6.45, 7) is 8.43. The molecule has 0 aromatic heterocycles. The van der Waals surface area contributed by atoms with Crippen molar-refractivity contribution in [1.82, 2.24) is 16.0 Å². The second-order valence-electron chi connectivity index (χ2n) is 8.21. The van der Waals surface area contributed by atoms with Gasteiger partial charge >= 0.3 is 18.0 Å². The highest BCUT2D eigenvalue weighted by Gasteiger charge is 2.50. The summed E-state index contributed by atoms with van der Waals surface area (Å²) in [5.74, 6) is -8.08.